The van der Waals surface area contributed by atoms with Crippen LogP contribution in [0.15, 0.2) is 47.4 Å². The van der Waals surface area contributed by atoms with Crippen LogP contribution in [0.1, 0.15) is 22.5 Å². The van der Waals surface area contributed by atoms with Gasteiger partial charge in [0.2, 0.25) is 0 Å². The Morgan fingerprint density at radius 2 is 1.69 bits per heavy atom. The van der Waals surface area contributed by atoms with Crippen LogP contribution in [0.25, 0.3) is 0 Å². The van der Waals surface area contributed by atoms with Gasteiger partial charge >= 0.3 is 13.8 Å². The fourth-order valence-corrected chi connectivity index (χ4v) is 4.40. The van der Waals surface area contributed by atoms with E-state index in [4.69, 9.17) is 9.05 Å². The molecular formula is C17H19F3NO3PS. The number of halogens is 3. The maximum absolute atomic E-state index is 13.2. The van der Waals surface area contributed by atoms with Gasteiger partial charge in [0.15, 0.2) is 5.78 Å². The minimum absolute atomic E-state index is 0.0135. The summed E-state index contributed by atoms with van der Waals surface area (Å²) < 4.78 is 62.7. The molecule has 2 rings (SSSR count). The average molecular weight is 405 g/mol. The van der Waals surface area contributed by atoms with E-state index in [0.717, 1.165) is 6.07 Å². The Bertz CT molecular complexity index is 821. The quantitative estimate of drug-likeness (QED) is 0.464. The maximum atomic E-state index is 13.2. The van der Waals surface area contributed by atoms with Gasteiger partial charge in [-0.3, -0.25) is 4.57 Å². The van der Waals surface area contributed by atoms with Crippen LogP contribution in [0.3, 0.4) is 0 Å². The van der Waals surface area contributed by atoms with Crippen molar-refractivity contribution in [2.45, 2.75) is 23.8 Å². The van der Waals surface area contributed by atoms with Gasteiger partial charge in [0, 0.05) is 24.8 Å². The molecule has 0 aromatic heterocycles. The highest BCUT2D eigenvalue weighted by atomic mass is 32.1. The van der Waals surface area contributed by atoms with E-state index < -0.39 is 25.1 Å². The first-order valence-electron chi connectivity index (χ1n) is 7.56. The highest BCUT2D eigenvalue weighted by Crippen LogP contribution is 2.60. The summed E-state index contributed by atoms with van der Waals surface area (Å²) >= 11 is 4.35. The second-order valence-corrected chi connectivity index (χ2v) is 8.29. The van der Waals surface area contributed by atoms with Gasteiger partial charge in [-0.15, -0.1) is 12.6 Å². The smallest absolute Gasteiger partial charge is 0.368 e. The molecule has 0 aliphatic carbocycles. The van der Waals surface area contributed by atoms with Crippen LogP contribution in [0, 0.1) is 6.92 Å². The summed E-state index contributed by atoms with van der Waals surface area (Å²) in [4.78, 5) is 0.504. The van der Waals surface area contributed by atoms with Gasteiger partial charge in [0.25, 0.3) is 0 Å². The van der Waals surface area contributed by atoms with Gasteiger partial charge in [-0.05, 0) is 36.2 Å². The fraction of sp³-hybridized carbons (Fsp3) is 0.294. The molecule has 0 bridgehead atoms. The Morgan fingerprint density at radius 1 is 1.08 bits per heavy atom. The number of benzene rings is 2. The van der Waals surface area contributed by atoms with Gasteiger partial charge in [0.1, 0.15) is 0 Å². The van der Waals surface area contributed by atoms with Crippen LogP contribution < -0.4 is 5.32 Å². The Labute approximate surface area is 155 Å². The molecule has 1 atom stereocenters. The number of thiol groups is 1. The van der Waals surface area contributed by atoms with Crippen molar-refractivity contribution in [1.29, 1.82) is 0 Å². The van der Waals surface area contributed by atoms with Gasteiger partial charge in [-0.25, -0.2) is 0 Å². The van der Waals surface area contributed by atoms with E-state index in [2.05, 4.69) is 17.9 Å². The van der Waals surface area contributed by atoms with E-state index in [1.54, 1.807) is 24.3 Å². The van der Waals surface area contributed by atoms with E-state index in [0.29, 0.717) is 10.5 Å². The highest BCUT2D eigenvalue weighted by Gasteiger charge is 2.38. The number of anilines is 1. The molecule has 2 aromatic rings. The first-order valence-corrected chi connectivity index (χ1v) is 9.62. The zero-order valence-electron chi connectivity index (χ0n) is 14.4. The van der Waals surface area contributed by atoms with Crippen LogP contribution in [0.5, 0.6) is 0 Å². The third kappa shape index (κ3) is 4.26. The topological polar surface area (TPSA) is 47.6 Å². The minimum atomic E-state index is -4.50. The van der Waals surface area contributed by atoms with E-state index >= 15 is 0 Å². The molecule has 0 aliphatic heterocycles. The number of nitrogens with one attached hydrogen (secondary N) is 1. The Kier molecular flexibility index (Phi) is 6.45. The first-order chi connectivity index (χ1) is 12.1. The molecule has 26 heavy (non-hydrogen) atoms. The van der Waals surface area contributed by atoms with E-state index in [1.807, 2.05) is 0 Å². The molecule has 1 unspecified atom stereocenters. The van der Waals surface area contributed by atoms with Crippen LogP contribution >= 0.6 is 20.2 Å². The normalized spacial score (nSPS) is 13.5. The molecule has 2 aromatic carbocycles. The van der Waals surface area contributed by atoms with Crippen molar-refractivity contribution in [2.75, 3.05) is 19.5 Å². The summed E-state index contributed by atoms with van der Waals surface area (Å²) in [6, 6.07) is 10.5. The summed E-state index contributed by atoms with van der Waals surface area (Å²) in [6.45, 7) is 1.35. The van der Waals surface area contributed by atoms with Gasteiger partial charge in [-0.2, -0.15) is 13.2 Å². The number of hydrogen-bond acceptors (Lipinski definition) is 5. The Balaban J connectivity index is 2.57. The third-order valence-corrected chi connectivity index (χ3v) is 6.45. The van der Waals surface area contributed by atoms with Crippen LogP contribution in [0.4, 0.5) is 18.9 Å². The third-order valence-electron chi connectivity index (χ3n) is 3.99. The summed E-state index contributed by atoms with van der Waals surface area (Å²) in [5.74, 6) is -1.03. The lowest BCUT2D eigenvalue weighted by atomic mass is 10.1. The zero-order valence-corrected chi connectivity index (χ0v) is 16.2. The molecule has 0 saturated heterocycles. The van der Waals surface area contributed by atoms with Crippen molar-refractivity contribution in [3.05, 3.63) is 59.2 Å². The fourth-order valence-electron chi connectivity index (χ4n) is 2.58. The van der Waals surface area contributed by atoms with Crippen molar-refractivity contribution in [3.63, 3.8) is 0 Å². The molecular weight excluding hydrogens is 386 g/mol. The predicted molar refractivity (Wildman–Crippen MR) is 97.9 cm³/mol. The largest absolute Gasteiger partial charge is 0.416 e. The lowest BCUT2D eigenvalue weighted by Gasteiger charge is -2.28. The first kappa shape index (κ1) is 20.8. The molecule has 1 N–H and O–H groups in total. The predicted octanol–water partition coefficient (Wildman–Crippen LogP) is 5.90. The standard InChI is InChI=1S/C17H19F3NO3PS/c1-11-13(17(18,19)20)8-6-9-14(11)21-16(25(22,23-2)24-3)12-7-4-5-10-15(12)26/h4-10,16,21,26H,1-3H3. The van der Waals surface area contributed by atoms with E-state index in [9.17, 15) is 17.7 Å². The zero-order chi connectivity index (χ0) is 19.5. The molecule has 0 saturated carbocycles. The Hall–Kier alpha value is -1.47. The molecule has 0 spiro atoms. The molecule has 0 fully saturated rings. The Morgan fingerprint density at radius 3 is 2.23 bits per heavy atom. The molecule has 4 nitrogen and oxygen atoms in total. The van der Waals surface area contributed by atoms with E-state index in [-0.39, 0.29) is 11.3 Å². The van der Waals surface area contributed by atoms with Crippen LogP contribution in [-0.4, -0.2) is 14.2 Å². The molecule has 0 heterocycles. The molecule has 142 valence electrons. The van der Waals surface area contributed by atoms with E-state index in [1.165, 1.54) is 33.3 Å². The molecule has 9 heteroatoms. The molecule has 0 radical (unpaired) electrons. The highest BCUT2D eigenvalue weighted by molar-refractivity contribution is 7.80. The van der Waals surface area contributed by atoms with Crippen LogP contribution in [-0.2, 0) is 19.8 Å². The van der Waals surface area contributed by atoms with Gasteiger partial charge < -0.3 is 14.4 Å². The summed E-state index contributed by atoms with van der Waals surface area (Å²) in [6.07, 6.45) is -4.50. The second-order valence-electron chi connectivity index (χ2n) is 5.49. The minimum Gasteiger partial charge on any atom is -0.368 e. The van der Waals surface area contributed by atoms with Gasteiger partial charge in [-0.1, -0.05) is 24.3 Å². The number of alkyl halides is 3. The second kappa shape index (κ2) is 8.05. The van der Waals surface area contributed by atoms with Crippen molar-refractivity contribution < 1.29 is 26.8 Å². The average Bonchev–Trinajstić information content (AvgIpc) is 2.60. The maximum Gasteiger partial charge on any atom is 0.416 e. The van der Waals surface area contributed by atoms with Gasteiger partial charge in [0.05, 0.1) is 5.56 Å². The molecule has 0 amide bonds. The number of rotatable bonds is 6. The summed E-state index contributed by atoms with van der Waals surface area (Å²) in [5, 5.41) is 2.90. The monoisotopic (exact) mass is 405 g/mol. The lowest BCUT2D eigenvalue weighted by molar-refractivity contribution is -0.138. The SMILES string of the molecule is COP(=O)(OC)C(Nc1cccc(C(F)(F)F)c1C)c1ccccc1S. The van der Waals surface area contributed by atoms with Crippen molar-refractivity contribution in [3.8, 4) is 0 Å². The van der Waals surface area contributed by atoms with Crippen molar-refractivity contribution in [2.24, 2.45) is 0 Å². The number of hydrogen-bond donors (Lipinski definition) is 2. The van der Waals surface area contributed by atoms with Crippen molar-refractivity contribution in [1.82, 2.24) is 0 Å². The molecule has 0 aliphatic rings. The van der Waals surface area contributed by atoms with Crippen molar-refractivity contribution >= 4 is 25.9 Å². The summed E-state index contributed by atoms with van der Waals surface area (Å²) in [7, 11) is -1.28. The summed E-state index contributed by atoms with van der Waals surface area (Å²) in [5.41, 5.74) is -0.124. The van der Waals surface area contributed by atoms with Crippen LogP contribution in [0.2, 0.25) is 0 Å². The lowest BCUT2D eigenvalue weighted by Crippen LogP contribution is -2.16.